The highest BCUT2D eigenvalue weighted by atomic mass is 19.1. The molecule has 1 N–H and O–H groups in total. The second-order valence-electron chi connectivity index (χ2n) is 4.58. The minimum Gasteiger partial charge on any atom is -0.488 e. The third kappa shape index (κ3) is 2.12. The molecule has 0 saturated heterocycles. The number of fused-ring (bicyclic) bond motifs is 1. The van der Waals surface area contributed by atoms with Crippen molar-refractivity contribution < 1.29 is 9.13 Å². The van der Waals surface area contributed by atoms with Crippen LogP contribution in [0.5, 0.6) is 5.75 Å². The van der Waals surface area contributed by atoms with Gasteiger partial charge in [-0.25, -0.2) is 9.37 Å². The minimum absolute atomic E-state index is 0.213. The highest BCUT2D eigenvalue weighted by Gasteiger charge is 2.17. The van der Waals surface area contributed by atoms with Crippen molar-refractivity contribution in [3.63, 3.8) is 0 Å². The Balaban J connectivity index is 1.90. The van der Waals surface area contributed by atoms with Gasteiger partial charge < -0.3 is 9.72 Å². The fourth-order valence-electron chi connectivity index (χ4n) is 2.44. The highest BCUT2D eigenvalue weighted by molar-refractivity contribution is 5.81. The Labute approximate surface area is 99.0 Å². The molecule has 1 aliphatic carbocycles. The van der Waals surface area contributed by atoms with Crippen molar-refractivity contribution in [1.29, 1.82) is 0 Å². The summed E-state index contributed by atoms with van der Waals surface area (Å²) in [6.07, 6.45) is 7.57. The van der Waals surface area contributed by atoms with Gasteiger partial charge in [-0.1, -0.05) is 6.42 Å². The van der Waals surface area contributed by atoms with Gasteiger partial charge in [0, 0.05) is 6.07 Å². The third-order valence-corrected chi connectivity index (χ3v) is 3.30. The number of hydrogen-bond acceptors (Lipinski definition) is 2. The second kappa shape index (κ2) is 4.35. The van der Waals surface area contributed by atoms with Crippen LogP contribution in [0.2, 0.25) is 0 Å². The van der Waals surface area contributed by atoms with Gasteiger partial charge in [0.15, 0.2) is 0 Å². The van der Waals surface area contributed by atoms with Gasteiger partial charge in [-0.3, -0.25) is 0 Å². The first-order chi connectivity index (χ1) is 8.33. The Morgan fingerprint density at radius 2 is 2.06 bits per heavy atom. The number of halogens is 1. The van der Waals surface area contributed by atoms with Crippen molar-refractivity contribution >= 4 is 11.0 Å². The quantitative estimate of drug-likeness (QED) is 0.864. The van der Waals surface area contributed by atoms with E-state index >= 15 is 0 Å². The number of nitrogens with zero attached hydrogens (tertiary/aromatic N) is 1. The maximum Gasteiger partial charge on any atom is 0.150 e. The Hall–Kier alpha value is -1.58. The zero-order valence-electron chi connectivity index (χ0n) is 9.58. The molecule has 0 spiro atoms. The molecule has 1 saturated carbocycles. The van der Waals surface area contributed by atoms with E-state index in [1.165, 1.54) is 31.4 Å². The smallest absolute Gasteiger partial charge is 0.150 e. The lowest BCUT2D eigenvalue weighted by Gasteiger charge is -2.23. The number of ether oxygens (including phenoxy) is 1. The van der Waals surface area contributed by atoms with Crippen molar-refractivity contribution in [2.45, 2.75) is 38.2 Å². The molecule has 3 rings (SSSR count). The van der Waals surface area contributed by atoms with Crippen LogP contribution in [0, 0.1) is 5.82 Å². The highest BCUT2D eigenvalue weighted by Crippen LogP contribution is 2.28. The van der Waals surface area contributed by atoms with Crippen molar-refractivity contribution in [2.75, 3.05) is 0 Å². The predicted octanol–water partition coefficient (Wildman–Crippen LogP) is 3.41. The van der Waals surface area contributed by atoms with Crippen LogP contribution < -0.4 is 4.74 Å². The number of imidazole rings is 1. The van der Waals surface area contributed by atoms with Crippen LogP contribution in [0.15, 0.2) is 18.5 Å². The van der Waals surface area contributed by atoms with Gasteiger partial charge in [0.25, 0.3) is 0 Å². The number of rotatable bonds is 2. The predicted molar refractivity (Wildman–Crippen MR) is 63.6 cm³/mol. The van der Waals surface area contributed by atoms with Crippen LogP contribution in [0.4, 0.5) is 4.39 Å². The average Bonchev–Trinajstić information content (AvgIpc) is 2.78. The first-order valence-corrected chi connectivity index (χ1v) is 6.12. The Morgan fingerprint density at radius 1 is 1.24 bits per heavy atom. The zero-order valence-corrected chi connectivity index (χ0v) is 9.58. The monoisotopic (exact) mass is 234 g/mol. The number of aromatic nitrogens is 2. The SMILES string of the molecule is Fc1cc(OC2CCCCC2)c2nc[nH]c2c1. The maximum absolute atomic E-state index is 13.4. The van der Waals surface area contributed by atoms with Crippen LogP contribution in [0.1, 0.15) is 32.1 Å². The van der Waals surface area contributed by atoms with Crippen LogP contribution in [0.3, 0.4) is 0 Å². The van der Waals surface area contributed by atoms with Crippen LogP contribution in [0.25, 0.3) is 11.0 Å². The Kier molecular flexibility index (Phi) is 2.71. The summed E-state index contributed by atoms with van der Waals surface area (Å²) >= 11 is 0. The van der Waals surface area contributed by atoms with Gasteiger partial charge >= 0.3 is 0 Å². The molecule has 1 fully saturated rings. The molecule has 3 nitrogen and oxygen atoms in total. The third-order valence-electron chi connectivity index (χ3n) is 3.30. The van der Waals surface area contributed by atoms with Gasteiger partial charge in [0.05, 0.1) is 17.9 Å². The fourth-order valence-corrected chi connectivity index (χ4v) is 2.44. The molecule has 0 radical (unpaired) electrons. The summed E-state index contributed by atoms with van der Waals surface area (Å²) in [5, 5.41) is 0. The van der Waals surface area contributed by atoms with Crippen molar-refractivity contribution in [3.05, 3.63) is 24.3 Å². The maximum atomic E-state index is 13.4. The van der Waals surface area contributed by atoms with Gasteiger partial charge in [0.1, 0.15) is 17.1 Å². The van der Waals surface area contributed by atoms with Crippen molar-refractivity contribution in [3.8, 4) is 5.75 Å². The van der Waals surface area contributed by atoms with Crippen LogP contribution in [-0.2, 0) is 0 Å². The molecule has 2 aromatic rings. The van der Waals surface area contributed by atoms with E-state index < -0.39 is 0 Å². The largest absolute Gasteiger partial charge is 0.488 e. The van der Waals surface area contributed by atoms with E-state index in [-0.39, 0.29) is 11.9 Å². The van der Waals surface area contributed by atoms with Crippen molar-refractivity contribution in [1.82, 2.24) is 9.97 Å². The lowest BCUT2D eigenvalue weighted by atomic mass is 9.98. The summed E-state index contributed by atoms with van der Waals surface area (Å²) in [7, 11) is 0. The average molecular weight is 234 g/mol. The van der Waals surface area contributed by atoms with Gasteiger partial charge in [-0.2, -0.15) is 0 Å². The molecule has 1 aromatic heterocycles. The molecule has 90 valence electrons. The zero-order chi connectivity index (χ0) is 11.7. The number of benzene rings is 1. The molecule has 0 aliphatic heterocycles. The summed E-state index contributed by atoms with van der Waals surface area (Å²) in [6.45, 7) is 0. The molecule has 0 bridgehead atoms. The topological polar surface area (TPSA) is 37.9 Å². The molecule has 1 aliphatic rings. The van der Waals surface area contributed by atoms with Crippen molar-refractivity contribution in [2.24, 2.45) is 0 Å². The second-order valence-corrected chi connectivity index (χ2v) is 4.58. The Morgan fingerprint density at radius 3 is 2.88 bits per heavy atom. The van der Waals surface area contributed by atoms with E-state index in [1.54, 1.807) is 6.33 Å². The summed E-state index contributed by atoms with van der Waals surface area (Å²) in [4.78, 5) is 7.08. The number of hydrogen-bond donors (Lipinski definition) is 1. The molecule has 17 heavy (non-hydrogen) atoms. The Bertz CT molecular complexity index is 517. The van der Waals surface area contributed by atoms with Crippen LogP contribution >= 0.6 is 0 Å². The molecular formula is C13H15FN2O. The van der Waals surface area contributed by atoms with E-state index in [0.717, 1.165) is 18.4 Å². The lowest BCUT2D eigenvalue weighted by Crippen LogP contribution is -2.19. The van der Waals surface area contributed by atoms with Crippen LogP contribution in [-0.4, -0.2) is 16.1 Å². The van der Waals surface area contributed by atoms with Gasteiger partial charge in [-0.05, 0) is 31.7 Å². The number of nitrogens with one attached hydrogen (secondary N) is 1. The summed E-state index contributed by atoms with van der Waals surface area (Å²) in [6, 6.07) is 2.87. The van der Waals surface area contributed by atoms with E-state index in [9.17, 15) is 4.39 Å². The number of aromatic amines is 1. The summed E-state index contributed by atoms with van der Waals surface area (Å²) in [5.41, 5.74) is 1.41. The molecule has 0 amide bonds. The molecule has 1 heterocycles. The van der Waals surface area contributed by atoms with E-state index in [2.05, 4.69) is 9.97 Å². The van der Waals surface area contributed by atoms with E-state index in [4.69, 9.17) is 4.74 Å². The molecule has 0 atom stereocenters. The lowest BCUT2D eigenvalue weighted by molar-refractivity contribution is 0.156. The molecule has 0 unspecified atom stereocenters. The molecular weight excluding hydrogens is 219 g/mol. The summed E-state index contributed by atoms with van der Waals surface area (Å²) in [5.74, 6) is 0.278. The first-order valence-electron chi connectivity index (χ1n) is 6.12. The fraction of sp³-hybridized carbons (Fsp3) is 0.462. The first kappa shape index (κ1) is 10.6. The standard InChI is InChI=1S/C13H15FN2O/c14-9-6-11-13(16-8-15-11)12(7-9)17-10-4-2-1-3-5-10/h6-8,10H,1-5H2,(H,15,16). The minimum atomic E-state index is -0.285. The molecule has 1 aromatic carbocycles. The van der Waals surface area contributed by atoms with E-state index in [0.29, 0.717) is 11.3 Å². The van der Waals surface area contributed by atoms with E-state index in [1.807, 2.05) is 0 Å². The number of H-pyrrole nitrogens is 1. The normalized spacial score (nSPS) is 17.5. The molecule has 4 heteroatoms. The van der Waals surface area contributed by atoms with Gasteiger partial charge in [-0.15, -0.1) is 0 Å². The summed E-state index contributed by atoms with van der Waals surface area (Å²) < 4.78 is 19.3. The van der Waals surface area contributed by atoms with Gasteiger partial charge in [0.2, 0.25) is 0 Å².